The van der Waals surface area contributed by atoms with Crippen LogP contribution in [0, 0.1) is 20.2 Å². The molecule has 10 heteroatoms. The Morgan fingerprint density at radius 3 is 2.33 bits per heavy atom. The molecule has 1 aromatic carbocycles. The van der Waals surface area contributed by atoms with Gasteiger partial charge in [-0.15, -0.1) is 0 Å². The third-order valence-corrected chi connectivity index (χ3v) is 2.87. The lowest BCUT2D eigenvalue weighted by atomic mass is 10.2. The van der Waals surface area contributed by atoms with E-state index < -0.39 is 26.8 Å². The monoisotopic (exact) mass is 330 g/mol. The van der Waals surface area contributed by atoms with Crippen molar-refractivity contribution in [3.05, 3.63) is 88.7 Å². The molecule has 2 rings (SSSR count). The van der Waals surface area contributed by atoms with E-state index in [-0.39, 0.29) is 11.4 Å². The summed E-state index contributed by atoms with van der Waals surface area (Å²) in [6, 6.07) is 5.84. The van der Waals surface area contributed by atoms with Crippen LogP contribution in [0.25, 0.3) is 12.2 Å². The zero-order valence-electron chi connectivity index (χ0n) is 12.0. The predicted octanol–water partition coefficient (Wildman–Crippen LogP) is 1.61. The molecule has 24 heavy (non-hydrogen) atoms. The quantitative estimate of drug-likeness (QED) is 0.482. The minimum atomic E-state index is -1.11. The number of hydrogen-bond acceptors (Lipinski definition) is 6. The Kier molecular flexibility index (Phi) is 4.80. The Bertz CT molecular complexity index is 970. The number of aromatic amines is 2. The van der Waals surface area contributed by atoms with E-state index in [1.807, 2.05) is 0 Å². The Balaban J connectivity index is 2.28. The summed E-state index contributed by atoms with van der Waals surface area (Å²) < 4.78 is 0. The molecule has 0 aliphatic heterocycles. The number of nitrogens with one attached hydrogen (secondary N) is 2. The summed E-state index contributed by atoms with van der Waals surface area (Å²) in [4.78, 5) is 46.6. The largest absolute Gasteiger partial charge is 0.357 e. The third kappa shape index (κ3) is 3.88. The predicted molar refractivity (Wildman–Crippen MR) is 85.5 cm³/mol. The van der Waals surface area contributed by atoms with Crippen LogP contribution in [0.15, 0.2) is 46.0 Å². The van der Waals surface area contributed by atoms with Gasteiger partial charge in [0, 0.05) is 12.1 Å². The molecule has 0 aliphatic rings. The second-order valence-corrected chi connectivity index (χ2v) is 4.50. The molecular formula is C14H10N4O6. The molecule has 1 heterocycles. The van der Waals surface area contributed by atoms with Crippen LogP contribution in [0.2, 0.25) is 0 Å². The normalized spacial score (nSPS) is 11.2. The molecule has 0 saturated heterocycles. The Morgan fingerprint density at radius 1 is 0.958 bits per heavy atom. The number of hydrogen-bond donors (Lipinski definition) is 2. The summed E-state index contributed by atoms with van der Waals surface area (Å²) in [7, 11) is 0. The number of allylic oxidation sites excluding steroid dienone is 2. The number of nitro benzene ring substituents is 1. The van der Waals surface area contributed by atoms with Crippen LogP contribution >= 0.6 is 0 Å². The average molecular weight is 330 g/mol. The van der Waals surface area contributed by atoms with Crippen LogP contribution in [0.3, 0.4) is 0 Å². The van der Waals surface area contributed by atoms with E-state index in [1.54, 1.807) is 11.1 Å². The number of aromatic nitrogens is 2. The second kappa shape index (κ2) is 6.96. The van der Waals surface area contributed by atoms with Crippen molar-refractivity contribution in [3.8, 4) is 0 Å². The van der Waals surface area contributed by atoms with Crippen LogP contribution in [0.4, 0.5) is 11.4 Å². The maximum atomic E-state index is 11.4. The van der Waals surface area contributed by atoms with Gasteiger partial charge in [-0.3, -0.25) is 30.0 Å². The third-order valence-electron chi connectivity index (χ3n) is 2.87. The highest BCUT2D eigenvalue weighted by atomic mass is 16.6. The number of rotatable bonds is 5. The first kappa shape index (κ1) is 16.5. The van der Waals surface area contributed by atoms with Crippen molar-refractivity contribution in [1.29, 1.82) is 0 Å². The summed E-state index contributed by atoms with van der Waals surface area (Å²) in [6.07, 6.45) is 5.53. The molecule has 2 aromatic rings. The first-order chi connectivity index (χ1) is 11.4. The summed E-state index contributed by atoms with van der Waals surface area (Å²) >= 11 is 0. The number of nitrogens with zero attached hydrogens (tertiary/aromatic N) is 2. The standard InChI is InChI=1S/C14H10N4O6/c19-13-12(18(23)24)11(15-14(20)16-13)7-2-1-4-9-5-3-6-10(8-9)17(21)22/h1-8H,(H2,15,16,19,20)/b4-1+,7-2+. The van der Waals surface area contributed by atoms with Gasteiger partial charge in [-0.05, 0) is 11.6 Å². The highest BCUT2D eigenvalue weighted by molar-refractivity contribution is 5.60. The highest BCUT2D eigenvalue weighted by Crippen LogP contribution is 2.14. The summed E-state index contributed by atoms with van der Waals surface area (Å²) in [5.41, 5.74) is -2.54. The van der Waals surface area contributed by atoms with Gasteiger partial charge in [0.05, 0.1) is 9.85 Å². The Labute approximate surface area is 133 Å². The molecule has 0 fully saturated rings. The summed E-state index contributed by atoms with van der Waals surface area (Å²) in [5, 5.41) is 21.5. The molecule has 122 valence electrons. The van der Waals surface area contributed by atoms with Crippen LogP contribution in [-0.4, -0.2) is 19.8 Å². The molecule has 10 nitrogen and oxygen atoms in total. The van der Waals surface area contributed by atoms with Crippen molar-refractivity contribution in [2.75, 3.05) is 0 Å². The van der Waals surface area contributed by atoms with Crippen molar-refractivity contribution < 1.29 is 9.85 Å². The minimum Gasteiger partial charge on any atom is -0.301 e. The number of benzene rings is 1. The van der Waals surface area contributed by atoms with Gasteiger partial charge in [0.2, 0.25) is 0 Å². The van der Waals surface area contributed by atoms with Crippen molar-refractivity contribution >= 4 is 23.5 Å². The van der Waals surface area contributed by atoms with E-state index in [1.165, 1.54) is 42.5 Å². The van der Waals surface area contributed by atoms with Crippen LogP contribution < -0.4 is 11.2 Å². The minimum absolute atomic E-state index is 0.0734. The molecule has 1 aromatic heterocycles. The van der Waals surface area contributed by atoms with Gasteiger partial charge >= 0.3 is 16.9 Å². The lowest BCUT2D eigenvalue weighted by Crippen LogP contribution is -2.25. The molecule has 0 radical (unpaired) electrons. The lowest BCUT2D eigenvalue weighted by molar-refractivity contribution is -0.386. The Hall–Kier alpha value is -3.82. The fourth-order valence-electron chi connectivity index (χ4n) is 1.86. The SMILES string of the molecule is O=c1[nH]c(/C=C/C=C/c2cccc([N+](=O)[O-])c2)c([N+](=O)[O-])c(=O)[nH]1. The maximum absolute atomic E-state index is 11.4. The number of non-ortho nitro benzene ring substituents is 1. The van der Waals surface area contributed by atoms with Crippen molar-refractivity contribution in [3.63, 3.8) is 0 Å². The number of nitro groups is 2. The van der Waals surface area contributed by atoms with Gasteiger partial charge in [0.15, 0.2) is 0 Å². The van der Waals surface area contributed by atoms with Gasteiger partial charge in [-0.25, -0.2) is 4.79 Å². The zero-order chi connectivity index (χ0) is 17.7. The first-order valence-corrected chi connectivity index (χ1v) is 6.48. The van der Waals surface area contributed by atoms with E-state index >= 15 is 0 Å². The fraction of sp³-hybridized carbons (Fsp3) is 0. The lowest BCUT2D eigenvalue weighted by Gasteiger charge is -1.95. The van der Waals surface area contributed by atoms with Crippen molar-refractivity contribution in [2.45, 2.75) is 0 Å². The van der Waals surface area contributed by atoms with Crippen LogP contribution in [-0.2, 0) is 0 Å². The van der Waals surface area contributed by atoms with Crippen LogP contribution in [0.1, 0.15) is 11.3 Å². The summed E-state index contributed by atoms with van der Waals surface area (Å²) in [5.74, 6) is 0. The van der Waals surface area contributed by atoms with Crippen molar-refractivity contribution in [1.82, 2.24) is 9.97 Å². The van der Waals surface area contributed by atoms with E-state index in [0.717, 1.165) is 0 Å². The molecule has 0 atom stereocenters. The van der Waals surface area contributed by atoms with Gasteiger partial charge in [0.25, 0.3) is 5.69 Å². The molecule has 0 amide bonds. The maximum Gasteiger partial charge on any atom is 0.357 e. The first-order valence-electron chi connectivity index (χ1n) is 6.48. The molecule has 0 spiro atoms. The van der Waals surface area contributed by atoms with Crippen LogP contribution in [0.5, 0.6) is 0 Å². The number of H-pyrrole nitrogens is 2. The van der Waals surface area contributed by atoms with E-state index in [0.29, 0.717) is 5.56 Å². The molecular weight excluding hydrogens is 320 g/mol. The average Bonchev–Trinajstić information content (AvgIpc) is 2.50. The van der Waals surface area contributed by atoms with E-state index in [2.05, 4.69) is 4.98 Å². The van der Waals surface area contributed by atoms with E-state index in [9.17, 15) is 29.8 Å². The van der Waals surface area contributed by atoms with Gasteiger partial charge in [-0.1, -0.05) is 30.4 Å². The van der Waals surface area contributed by atoms with Gasteiger partial charge in [-0.2, -0.15) is 0 Å². The van der Waals surface area contributed by atoms with Gasteiger partial charge in [0.1, 0.15) is 5.69 Å². The van der Waals surface area contributed by atoms with Gasteiger partial charge < -0.3 is 4.98 Å². The summed E-state index contributed by atoms with van der Waals surface area (Å²) in [6.45, 7) is 0. The zero-order valence-corrected chi connectivity index (χ0v) is 12.0. The van der Waals surface area contributed by atoms with E-state index in [4.69, 9.17) is 0 Å². The highest BCUT2D eigenvalue weighted by Gasteiger charge is 2.18. The fourth-order valence-corrected chi connectivity index (χ4v) is 1.86. The topological polar surface area (TPSA) is 152 Å². The molecule has 0 bridgehead atoms. The van der Waals surface area contributed by atoms with Crippen molar-refractivity contribution in [2.24, 2.45) is 0 Å². The molecule has 0 saturated carbocycles. The molecule has 0 aliphatic carbocycles. The Morgan fingerprint density at radius 2 is 1.67 bits per heavy atom. The molecule has 2 N–H and O–H groups in total. The molecule has 0 unspecified atom stereocenters. The smallest absolute Gasteiger partial charge is 0.301 e. The second-order valence-electron chi connectivity index (χ2n) is 4.50.